The van der Waals surface area contributed by atoms with Crippen LogP contribution in [0.5, 0.6) is 5.75 Å². The highest BCUT2D eigenvalue weighted by Crippen LogP contribution is 2.28. The van der Waals surface area contributed by atoms with Gasteiger partial charge in [0.25, 0.3) is 5.56 Å². The molecule has 1 fully saturated rings. The summed E-state index contributed by atoms with van der Waals surface area (Å²) >= 11 is 0. The fourth-order valence-electron chi connectivity index (χ4n) is 3.72. The molecule has 212 valence electrons. The van der Waals surface area contributed by atoms with Gasteiger partial charge < -0.3 is 24.6 Å². The maximum atomic E-state index is 12.2. The second-order valence-corrected chi connectivity index (χ2v) is 8.31. The van der Waals surface area contributed by atoms with Crippen LogP contribution in [-0.4, -0.2) is 93.5 Å². The molecular formula is C23H29N5O11. The summed E-state index contributed by atoms with van der Waals surface area (Å²) in [5, 5.41) is 26.1. The predicted molar refractivity (Wildman–Crippen MR) is 135 cm³/mol. The van der Waals surface area contributed by atoms with E-state index in [4.69, 9.17) is 24.5 Å². The molecule has 0 amide bonds. The summed E-state index contributed by atoms with van der Waals surface area (Å²) in [5.74, 6) is -3.59. The Labute approximate surface area is 221 Å². The molecule has 2 heterocycles. The highest BCUT2D eigenvalue weighted by Gasteiger charge is 2.21. The highest BCUT2D eigenvalue weighted by molar-refractivity contribution is 6.27. The molecule has 1 aliphatic heterocycles. The largest absolute Gasteiger partial charge is 0.487 e. The number of hydrogen-bond donors (Lipinski definition) is 2. The van der Waals surface area contributed by atoms with E-state index in [1.165, 1.54) is 36.9 Å². The normalized spacial score (nSPS) is 13.2. The summed E-state index contributed by atoms with van der Waals surface area (Å²) < 4.78 is 12.7. The number of rotatable bonds is 8. The Kier molecular flexibility index (Phi) is 10.7. The molecule has 16 heteroatoms. The van der Waals surface area contributed by atoms with Crippen LogP contribution in [0, 0.1) is 10.1 Å². The summed E-state index contributed by atoms with van der Waals surface area (Å²) in [5.41, 5.74) is -0.887. The van der Waals surface area contributed by atoms with Crippen LogP contribution < -0.4 is 20.9 Å². The van der Waals surface area contributed by atoms with E-state index in [9.17, 15) is 24.5 Å². The summed E-state index contributed by atoms with van der Waals surface area (Å²) in [4.78, 5) is 68.9. The second-order valence-electron chi connectivity index (χ2n) is 8.31. The molecule has 0 atom stereocenters. The summed E-state index contributed by atoms with van der Waals surface area (Å²) in [6.07, 6.45) is 0.653. The number of carboxylic acid groups (broad SMARTS) is 2. The number of esters is 1. The van der Waals surface area contributed by atoms with Crippen molar-refractivity contribution in [3.8, 4) is 5.75 Å². The first-order valence-electron chi connectivity index (χ1n) is 11.6. The number of benzene rings is 1. The van der Waals surface area contributed by atoms with Crippen molar-refractivity contribution >= 4 is 29.4 Å². The zero-order valence-electron chi connectivity index (χ0n) is 21.6. The van der Waals surface area contributed by atoms with Crippen molar-refractivity contribution in [2.45, 2.75) is 6.42 Å². The molecule has 0 saturated carbocycles. The van der Waals surface area contributed by atoms with Gasteiger partial charge in [-0.05, 0) is 18.6 Å². The van der Waals surface area contributed by atoms with Crippen molar-refractivity contribution in [1.82, 2.24) is 14.0 Å². The van der Waals surface area contributed by atoms with Crippen molar-refractivity contribution in [2.24, 2.45) is 14.1 Å². The van der Waals surface area contributed by atoms with Crippen molar-refractivity contribution < 1.29 is 39.0 Å². The van der Waals surface area contributed by atoms with Crippen LogP contribution >= 0.6 is 0 Å². The topological polar surface area (TPSA) is 204 Å². The molecule has 0 radical (unpaired) electrons. The number of nitro benzene ring substituents is 1. The monoisotopic (exact) mass is 551 g/mol. The third-order valence-electron chi connectivity index (χ3n) is 5.83. The molecule has 1 aromatic heterocycles. The lowest BCUT2D eigenvalue weighted by Crippen LogP contribution is -2.49. The number of aromatic nitrogens is 2. The minimum Gasteiger partial charge on any atom is -0.487 e. The van der Waals surface area contributed by atoms with Crippen LogP contribution in [0.25, 0.3) is 0 Å². The first-order valence-corrected chi connectivity index (χ1v) is 11.6. The van der Waals surface area contributed by atoms with Gasteiger partial charge in [-0.15, -0.1) is 0 Å². The number of ether oxygens (including phenoxy) is 2. The molecule has 1 saturated heterocycles. The van der Waals surface area contributed by atoms with Gasteiger partial charge in [0.15, 0.2) is 5.75 Å². The smallest absolute Gasteiger partial charge is 0.414 e. The molecule has 16 nitrogen and oxygen atoms in total. The molecule has 0 spiro atoms. The Morgan fingerprint density at radius 1 is 1.00 bits per heavy atom. The molecule has 0 unspecified atom stereocenters. The number of hydrogen-bond acceptors (Lipinski definition) is 11. The lowest BCUT2D eigenvalue weighted by atomic mass is 10.2. The van der Waals surface area contributed by atoms with Gasteiger partial charge in [-0.1, -0.05) is 0 Å². The minimum atomic E-state index is -1.82. The van der Waals surface area contributed by atoms with E-state index in [1.807, 2.05) is 4.90 Å². The third kappa shape index (κ3) is 8.13. The van der Waals surface area contributed by atoms with Gasteiger partial charge in [-0.3, -0.25) is 28.9 Å². The Hall–Kier alpha value is -4.73. The van der Waals surface area contributed by atoms with Crippen LogP contribution in [0.3, 0.4) is 0 Å². The van der Waals surface area contributed by atoms with E-state index in [0.717, 1.165) is 30.3 Å². The first-order chi connectivity index (χ1) is 18.4. The van der Waals surface area contributed by atoms with Gasteiger partial charge in [-0.25, -0.2) is 19.2 Å². The van der Waals surface area contributed by atoms with Crippen LogP contribution in [0.2, 0.25) is 0 Å². The number of aliphatic carboxylic acids is 2. The number of carboxylic acids is 2. The van der Waals surface area contributed by atoms with E-state index in [2.05, 4.69) is 9.64 Å². The van der Waals surface area contributed by atoms with Crippen molar-refractivity contribution in [3.05, 3.63) is 60.8 Å². The van der Waals surface area contributed by atoms with Crippen LogP contribution in [0.4, 0.5) is 11.5 Å². The Morgan fingerprint density at radius 3 is 2.15 bits per heavy atom. The SMILES string of the molecule is COC(=O)c1ccc(OCCCN2CCN(c3cc(=O)n(C)c(=O)n3C)CC2)c([N+](=O)[O-])c1.O=C(O)C(=O)O. The van der Waals surface area contributed by atoms with Gasteiger partial charge >= 0.3 is 29.3 Å². The van der Waals surface area contributed by atoms with Crippen molar-refractivity contribution in [3.63, 3.8) is 0 Å². The van der Waals surface area contributed by atoms with Crippen LogP contribution in [-0.2, 0) is 28.4 Å². The van der Waals surface area contributed by atoms with Crippen LogP contribution in [0.1, 0.15) is 16.8 Å². The molecule has 2 aromatic rings. The summed E-state index contributed by atoms with van der Waals surface area (Å²) in [6, 6.07) is 5.45. The maximum absolute atomic E-state index is 12.2. The third-order valence-corrected chi connectivity index (χ3v) is 5.83. The van der Waals surface area contributed by atoms with E-state index in [0.29, 0.717) is 25.3 Å². The average Bonchev–Trinajstić information content (AvgIpc) is 2.92. The number of anilines is 1. The van der Waals surface area contributed by atoms with E-state index < -0.39 is 22.8 Å². The van der Waals surface area contributed by atoms with Gasteiger partial charge in [-0.2, -0.15) is 0 Å². The minimum absolute atomic E-state index is 0.0863. The summed E-state index contributed by atoms with van der Waals surface area (Å²) in [7, 11) is 4.31. The maximum Gasteiger partial charge on any atom is 0.414 e. The van der Waals surface area contributed by atoms with Gasteiger partial charge in [0.2, 0.25) is 0 Å². The quantitative estimate of drug-likeness (QED) is 0.140. The Balaban J connectivity index is 0.000000798. The number of methoxy groups -OCH3 is 1. The molecule has 1 aromatic carbocycles. The van der Waals surface area contributed by atoms with Crippen molar-refractivity contribution in [1.29, 1.82) is 0 Å². The zero-order chi connectivity index (χ0) is 29.3. The molecular weight excluding hydrogens is 522 g/mol. The van der Waals surface area contributed by atoms with E-state index in [1.54, 1.807) is 7.05 Å². The van der Waals surface area contributed by atoms with Gasteiger partial charge in [0, 0.05) is 59.0 Å². The molecule has 3 rings (SSSR count). The highest BCUT2D eigenvalue weighted by atomic mass is 16.6. The number of carbonyl (C=O) groups is 3. The molecule has 2 N–H and O–H groups in total. The number of nitro groups is 1. The van der Waals surface area contributed by atoms with Crippen molar-refractivity contribution in [2.75, 3.05) is 51.3 Å². The number of nitrogens with zero attached hydrogens (tertiary/aromatic N) is 5. The summed E-state index contributed by atoms with van der Waals surface area (Å²) in [6.45, 7) is 3.84. The fourth-order valence-corrected chi connectivity index (χ4v) is 3.72. The molecule has 0 aliphatic carbocycles. The Bertz CT molecular complexity index is 1330. The van der Waals surface area contributed by atoms with Gasteiger partial charge in [0.05, 0.1) is 24.2 Å². The standard InChI is InChI=1S/C21H27N5O7.C2H2O4/c1-22-18(14-19(27)23(2)21(22)29)25-10-8-24(9-11-25)7-4-12-33-17-6-5-15(20(28)32-3)13-16(17)26(30)31;3-1(4)2(5)6/h5-6,13-14H,4,7-12H2,1-3H3;(H,3,4)(H,5,6). The predicted octanol–water partition coefficient (Wildman–Crippen LogP) is -0.474. The zero-order valence-corrected chi connectivity index (χ0v) is 21.6. The average molecular weight is 552 g/mol. The lowest BCUT2D eigenvalue weighted by Gasteiger charge is -2.36. The van der Waals surface area contributed by atoms with Gasteiger partial charge in [0.1, 0.15) is 5.82 Å². The molecule has 1 aliphatic rings. The van der Waals surface area contributed by atoms with E-state index >= 15 is 0 Å². The first kappa shape index (κ1) is 30.5. The lowest BCUT2D eigenvalue weighted by molar-refractivity contribution is -0.385. The second kappa shape index (κ2) is 13.7. The molecule has 39 heavy (non-hydrogen) atoms. The van der Waals surface area contributed by atoms with E-state index in [-0.39, 0.29) is 34.9 Å². The Morgan fingerprint density at radius 2 is 1.62 bits per heavy atom. The molecule has 0 bridgehead atoms. The van der Waals surface area contributed by atoms with Crippen LogP contribution in [0.15, 0.2) is 33.9 Å². The number of piperazine rings is 1. The number of carbonyl (C=O) groups excluding carboxylic acids is 1. The fraction of sp³-hybridized carbons (Fsp3) is 0.435.